The van der Waals surface area contributed by atoms with Crippen molar-refractivity contribution in [2.24, 2.45) is 5.10 Å². The van der Waals surface area contributed by atoms with Crippen LogP contribution >= 0.6 is 22.9 Å². The standard InChI is InChI=1S/C14H19NO3.C6H8ClN5O2S/c16-13(9-10-14(17)18)15-11-5-4-8-12-6-2-1-3-7-12;1-8-6(11-12(13)14)10-3-4-2-9-5(7)15-4/h1-3,6-7H,4-5,8-11H2,(H,15,16)(H,17,18);2H,3H2,1H3,(H2,8,10,11). The van der Waals surface area contributed by atoms with Crippen molar-refractivity contribution in [1.82, 2.24) is 20.9 Å². The Kier molecular flexibility index (Phi) is 13.8. The van der Waals surface area contributed by atoms with Gasteiger partial charge in [0.2, 0.25) is 5.91 Å². The fourth-order valence-electron chi connectivity index (χ4n) is 2.43. The lowest BCUT2D eigenvalue weighted by Crippen LogP contribution is -2.34. The van der Waals surface area contributed by atoms with Gasteiger partial charge in [-0.3, -0.25) is 9.59 Å². The minimum absolute atomic E-state index is 0.0635. The Balaban J connectivity index is 0.000000335. The molecule has 1 amide bonds. The Bertz CT molecular complexity index is 909. The van der Waals surface area contributed by atoms with Crippen molar-refractivity contribution in [3.63, 3.8) is 0 Å². The second-order valence-corrected chi connectivity index (χ2v) is 8.25. The summed E-state index contributed by atoms with van der Waals surface area (Å²) in [5, 5.41) is 28.8. The van der Waals surface area contributed by atoms with Crippen molar-refractivity contribution in [3.8, 4) is 0 Å². The Morgan fingerprint density at radius 2 is 1.94 bits per heavy atom. The zero-order valence-corrected chi connectivity index (χ0v) is 19.7. The van der Waals surface area contributed by atoms with Gasteiger partial charge in [-0.25, -0.2) is 15.1 Å². The third-order valence-corrected chi connectivity index (χ3v) is 5.11. The largest absolute Gasteiger partial charge is 0.481 e. The number of guanidine groups is 1. The number of nitro groups is 1. The van der Waals surface area contributed by atoms with Crippen molar-refractivity contribution in [2.45, 2.75) is 38.6 Å². The second-order valence-electron chi connectivity index (χ2n) is 6.56. The number of nitrogens with zero attached hydrogens (tertiary/aromatic N) is 3. The number of carbonyl (C=O) groups is 2. The van der Waals surface area contributed by atoms with Crippen molar-refractivity contribution < 1.29 is 19.7 Å². The van der Waals surface area contributed by atoms with Gasteiger partial charge in [0.15, 0.2) is 9.50 Å². The molecule has 0 spiro atoms. The first-order valence-electron chi connectivity index (χ1n) is 10.1. The lowest BCUT2D eigenvalue weighted by atomic mass is 10.1. The van der Waals surface area contributed by atoms with Crippen molar-refractivity contribution in [1.29, 1.82) is 0 Å². The summed E-state index contributed by atoms with van der Waals surface area (Å²) in [6.07, 6.45) is 4.49. The smallest absolute Gasteiger partial charge is 0.303 e. The molecule has 0 aliphatic heterocycles. The van der Waals surface area contributed by atoms with Gasteiger partial charge >= 0.3 is 5.97 Å². The summed E-state index contributed by atoms with van der Waals surface area (Å²) in [5.41, 5.74) is 1.30. The number of aliphatic carboxylic acids is 1. The van der Waals surface area contributed by atoms with Crippen LogP contribution < -0.4 is 16.0 Å². The highest BCUT2D eigenvalue weighted by atomic mass is 35.5. The number of rotatable bonds is 11. The van der Waals surface area contributed by atoms with Crippen LogP contribution in [0.15, 0.2) is 41.6 Å². The normalized spacial score (nSPS) is 10.5. The van der Waals surface area contributed by atoms with E-state index in [9.17, 15) is 19.7 Å². The summed E-state index contributed by atoms with van der Waals surface area (Å²) in [6.45, 7) is 1.00. The lowest BCUT2D eigenvalue weighted by Gasteiger charge is -2.04. The van der Waals surface area contributed by atoms with E-state index < -0.39 is 11.0 Å². The molecule has 0 bridgehead atoms. The molecule has 0 fully saturated rings. The number of hydrogen-bond donors (Lipinski definition) is 4. The minimum atomic E-state index is -0.936. The number of amides is 1. The molecule has 33 heavy (non-hydrogen) atoms. The average Bonchev–Trinajstić information content (AvgIpc) is 3.21. The maximum absolute atomic E-state index is 11.2. The van der Waals surface area contributed by atoms with E-state index in [1.165, 1.54) is 23.9 Å². The first kappa shape index (κ1) is 27.8. The number of hydrazone groups is 1. The number of thiazole rings is 1. The number of halogens is 1. The number of unbranched alkanes of at least 4 members (excludes halogenated alkanes) is 1. The second kappa shape index (κ2) is 16.4. The number of aromatic nitrogens is 1. The Morgan fingerprint density at radius 1 is 1.21 bits per heavy atom. The molecular weight excluding hydrogens is 472 g/mol. The highest BCUT2D eigenvalue weighted by Gasteiger charge is 2.05. The number of carboxylic acid groups (broad SMARTS) is 1. The van der Waals surface area contributed by atoms with E-state index in [2.05, 4.69) is 38.2 Å². The third kappa shape index (κ3) is 14.4. The van der Waals surface area contributed by atoms with E-state index in [1.807, 2.05) is 18.2 Å². The molecule has 0 saturated heterocycles. The van der Waals surface area contributed by atoms with Crippen molar-refractivity contribution in [2.75, 3.05) is 13.6 Å². The van der Waals surface area contributed by atoms with E-state index in [4.69, 9.17) is 16.7 Å². The van der Waals surface area contributed by atoms with Crippen LogP contribution in [-0.2, 0) is 22.6 Å². The molecule has 0 atom stereocenters. The van der Waals surface area contributed by atoms with Gasteiger partial charge in [-0.15, -0.1) is 11.3 Å². The van der Waals surface area contributed by atoms with Gasteiger partial charge in [0.05, 0.1) is 13.0 Å². The quantitative estimate of drug-likeness (QED) is 0.121. The van der Waals surface area contributed by atoms with Gasteiger partial charge in [0.25, 0.3) is 5.96 Å². The number of carboxylic acids is 1. The molecule has 0 radical (unpaired) electrons. The lowest BCUT2D eigenvalue weighted by molar-refractivity contribution is -0.485. The van der Waals surface area contributed by atoms with Gasteiger partial charge in [0, 0.05) is 31.1 Å². The highest BCUT2D eigenvalue weighted by Crippen LogP contribution is 2.17. The van der Waals surface area contributed by atoms with Crippen LogP contribution in [0.25, 0.3) is 0 Å². The Hall–Kier alpha value is -3.25. The molecule has 0 aliphatic carbocycles. The monoisotopic (exact) mass is 498 g/mol. The molecule has 1 aromatic carbocycles. The molecule has 1 heterocycles. The highest BCUT2D eigenvalue weighted by molar-refractivity contribution is 7.15. The van der Waals surface area contributed by atoms with Crippen LogP contribution in [0.4, 0.5) is 0 Å². The van der Waals surface area contributed by atoms with E-state index in [1.54, 1.807) is 6.20 Å². The van der Waals surface area contributed by atoms with Crippen molar-refractivity contribution in [3.05, 3.63) is 61.6 Å². The molecule has 0 aliphatic rings. The van der Waals surface area contributed by atoms with Gasteiger partial charge < -0.3 is 21.1 Å². The van der Waals surface area contributed by atoms with Gasteiger partial charge in [-0.05, 0) is 24.8 Å². The van der Waals surface area contributed by atoms with Gasteiger partial charge in [-0.2, -0.15) is 0 Å². The molecule has 1 aromatic heterocycles. The molecule has 13 heteroatoms. The predicted octanol–water partition coefficient (Wildman–Crippen LogP) is 2.64. The summed E-state index contributed by atoms with van der Waals surface area (Å²) in [6, 6.07) is 10.2. The van der Waals surface area contributed by atoms with Crippen LogP contribution in [0.5, 0.6) is 0 Å². The SMILES string of the molecule is CN/C(=N\[N+](=O)[O-])NCc1cnc(Cl)s1.O=C(O)CCC(=O)NCCCCc1ccccc1. The Morgan fingerprint density at radius 3 is 2.52 bits per heavy atom. The Labute approximate surface area is 200 Å². The summed E-state index contributed by atoms with van der Waals surface area (Å²) in [5.74, 6) is -1.03. The maximum Gasteiger partial charge on any atom is 0.303 e. The topological polar surface area (TPSA) is 159 Å². The average molecular weight is 499 g/mol. The fraction of sp³-hybridized carbons (Fsp3) is 0.400. The van der Waals surface area contributed by atoms with Crippen LogP contribution in [0.2, 0.25) is 4.47 Å². The first-order chi connectivity index (χ1) is 15.8. The molecule has 2 rings (SSSR count). The predicted molar refractivity (Wildman–Crippen MR) is 127 cm³/mol. The molecule has 2 aromatic rings. The number of carbonyl (C=O) groups excluding carboxylic acids is 1. The fourth-order valence-corrected chi connectivity index (χ4v) is 3.34. The number of hydrogen-bond acceptors (Lipinski definition) is 6. The third-order valence-electron chi connectivity index (χ3n) is 4.00. The summed E-state index contributed by atoms with van der Waals surface area (Å²) in [7, 11) is 1.54. The number of aryl methyl sites for hydroxylation is 1. The summed E-state index contributed by atoms with van der Waals surface area (Å²) >= 11 is 6.92. The van der Waals surface area contributed by atoms with E-state index in [0.717, 1.165) is 24.1 Å². The molecule has 11 nitrogen and oxygen atoms in total. The van der Waals surface area contributed by atoms with E-state index in [-0.39, 0.29) is 24.7 Å². The van der Waals surface area contributed by atoms with Gasteiger partial charge in [-0.1, -0.05) is 41.9 Å². The molecule has 0 unspecified atom stereocenters. The number of nitrogens with one attached hydrogen (secondary N) is 3. The zero-order chi connectivity index (χ0) is 24.5. The molecule has 4 N–H and O–H groups in total. The summed E-state index contributed by atoms with van der Waals surface area (Å²) < 4.78 is 0.434. The van der Waals surface area contributed by atoms with Crippen LogP contribution in [-0.4, -0.2) is 46.6 Å². The summed E-state index contributed by atoms with van der Waals surface area (Å²) in [4.78, 5) is 36.3. The zero-order valence-electron chi connectivity index (χ0n) is 18.1. The van der Waals surface area contributed by atoms with Crippen LogP contribution in [0.1, 0.15) is 36.1 Å². The minimum Gasteiger partial charge on any atom is -0.481 e. The molecule has 0 saturated carbocycles. The molecule has 180 valence electrons. The van der Waals surface area contributed by atoms with E-state index >= 15 is 0 Å². The van der Waals surface area contributed by atoms with Gasteiger partial charge in [0.1, 0.15) is 5.10 Å². The van der Waals surface area contributed by atoms with E-state index in [0.29, 0.717) is 17.6 Å². The first-order valence-corrected chi connectivity index (χ1v) is 11.3. The van der Waals surface area contributed by atoms with Crippen LogP contribution in [0, 0.1) is 10.1 Å². The van der Waals surface area contributed by atoms with Crippen molar-refractivity contribution >= 4 is 40.8 Å². The van der Waals surface area contributed by atoms with Crippen LogP contribution in [0.3, 0.4) is 0 Å². The molecular formula is C20H27ClN6O5S. The maximum atomic E-state index is 11.2. The number of benzene rings is 1.